The van der Waals surface area contributed by atoms with E-state index in [1.807, 2.05) is 33.8 Å². The molecule has 0 saturated carbocycles. The molecule has 0 amide bonds. The van der Waals surface area contributed by atoms with Gasteiger partial charge in [-0.3, -0.25) is 0 Å². The van der Waals surface area contributed by atoms with Gasteiger partial charge in [-0.2, -0.15) is 0 Å². The van der Waals surface area contributed by atoms with Gasteiger partial charge in [0.25, 0.3) is 0 Å². The maximum absolute atomic E-state index is 3.83. The summed E-state index contributed by atoms with van der Waals surface area (Å²) in [6.45, 7) is 16.5. The van der Waals surface area contributed by atoms with E-state index in [0.717, 1.165) is 22.3 Å². The summed E-state index contributed by atoms with van der Waals surface area (Å²) in [6.07, 6.45) is 1.94. The molecule has 0 rings (SSSR count). The number of hydrogen-bond donors (Lipinski definition) is 1. The van der Waals surface area contributed by atoms with Crippen molar-refractivity contribution in [1.82, 2.24) is 5.32 Å². The fourth-order valence-corrected chi connectivity index (χ4v) is 1.13. The molecule has 0 aliphatic heterocycles. The highest BCUT2D eigenvalue weighted by Gasteiger charge is 1.94. The quantitative estimate of drug-likeness (QED) is 0.739. The maximum Gasteiger partial charge on any atom is 0.0411 e. The monoisotopic (exact) mass is 245 g/mol. The van der Waals surface area contributed by atoms with E-state index in [2.05, 4.69) is 34.4 Å². The second kappa shape index (κ2) is 9.59. The zero-order chi connectivity index (χ0) is 10.9. The first-order valence-corrected chi connectivity index (χ1v) is 5.33. The van der Waals surface area contributed by atoms with Crippen LogP contribution in [0.2, 0.25) is 0 Å². The first kappa shape index (κ1) is 15.0. The van der Waals surface area contributed by atoms with Gasteiger partial charge in [0.05, 0.1) is 0 Å². The van der Waals surface area contributed by atoms with Gasteiger partial charge in [-0.05, 0) is 35.9 Å². The molecule has 0 heterocycles. The molecule has 0 aromatic carbocycles. The predicted octanol–water partition coefficient (Wildman–Crippen LogP) is 3.99. The number of allylic oxidation sites excluding steroid dienone is 3. The average Bonchev–Trinajstić information content (AvgIpc) is 2.07. The van der Waals surface area contributed by atoms with Gasteiger partial charge in [0.1, 0.15) is 0 Å². The van der Waals surface area contributed by atoms with Crippen molar-refractivity contribution in [2.45, 2.75) is 27.7 Å². The van der Waals surface area contributed by atoms with Crippen LogP contribution in [0.4, 0.5) is 0 Å². The van der Waals surface area contributed by atoms with Crippen molar-refractivity contribution in [1.29, 1.82) is 0 Å². The van der Waals surface area contributed by atoms with Gasteiger partial charge in [-0.25, -0.2) is 0 Å². The third-order valence-corrected chi connectivity index (χ3v) is 1.76. The van der Waals surface area contributed by atoms with Crippen molar-refractivity contribution in [3.8, 4) is 0 Å². The van der Waals surface area contributed by atoms with E-state index in [4.69, 9.17) is 0 Å². The van der Waals surface area contributed by atoms with E-state index in [0.29, 0.717) is 0 Å². The number of halogens is 1. The molecule has 0 radical (unpaired) electrons. The molecule has 0 spiro atoms. The number of nitrogens with one attached hydrogen (secondary N) is 1. The first-order valence-electron chi connectivity index (χ1n) is 4.53. The molecule has 1 N–H and O–H groups in total. The lowest BCUT2D eigenvalue weighted by Crippen LogP contribution is -2.10. The third-order valence-electron chi connectivity index (χ3n) is 1.05. The fraction of sp³-hybridized carbons (Fsp3) is 0.455. The smallest absolute Gasteiger partial charge is 0.0411 e. The van der Waals surface area contributed by atoms with Crippen LogP contribution in [0.5, 0.6) is 0 Å². The van der Waals surface area contributed by atoms with E-state index in [1.54, 1.807) is 0 Å². The Hall–Kier alpha value is -0.500. The van der Waals surface area contributed by atoms with E-state index in [9.17, 15) is 0 Å². The molecule has 0 saturated heterocycles. The van der Waals surface area contributed by atoms with Crippen molar-refractivity contribution in [3.05, 3.63) is 35.0 Å². The minimum absolute atomic E-state index is 0.887. The lowest BCUT2D eigenvalue weighted by Gasteiger charge is -2.05. The second-order valence-electron chi connectivity index (χ2n) is 2.35. The predicted molar refractivity (Wildman–Crippen MR) is 66.0 cm³/mol. The van der Waals surface area contributed by atoms with Crippen molar-refractivity contribution in [2.75, 3.05) is 6.54 Å². The highest BCUT2D eigenvalue weighted by Crippen LogP contribution is 2.14. The summed E-state index contributed by atoms with van der Waals surface area (Å²) in [7, 11) is 0. The molecule has 0 aliphatic rings. The van der Waals surface area contributed by atoms with Crippen molar-refractivity contribution in [3.63, 3.8) is 0 Å². The van der Waals surface area contributed by atoms with E-state index >= 15 is 0 Å². The largest absolute Gasteiger partial charge is 0.385 e. The van der Waals surface area contributed by atoms with Crippen LogP contribution in [0.1, 0.15) is 27.7 Å². The topological polar surface area (TPSA) is 12.0 Å². The van der Waals surface area contributed by atoms with Crippen LogP contribution < -0.4 is 5.32 Å². The van der Waals surface area contributed by atoms with Crippen LogP contribution in [0.3, 0.4) is 0 Å². The third kappa shape index (κ3) is 9.41. The van der Waals surface area contributed by atoms with Gasteiger partial charge in [0.2, 0.25) is 0 Å². The van der Waals surface area contributed by atoms with Crippen LogP contribution in [0.25, 0.3) is 0 Å². The van der Waals surface area contributed by atoms with Gasteiger partial charge in [-0.1, -0.05) is 32.6 Å². The summed E-state index contributed by atoms with van der Waals surface area (Å²) in [5.74, 6) is 0. The molecule has 2 heteroatoms. The Kier molecular flexibility index (Phi) is 11.1. The van der Waals surface area contributed by atoms with E-state index in [1.165, 1.54) is 0 Å². The first-order chi connectivity index (χ1) is 6.07. The lowest BCUT2D eigenvalue weighted by atomic mass is 10.3. The molecular weight excluding hydrogens is 226 g/mol. The average molecular weight is 246 g/mol. The van der Waals surface area contributed by atoms with E-state index in [-0.39, 0.29) is 0 Å². The Morgan fingerprint density at radius 1 is 1.38 bits per heavy atom. The molecule has 0 atom stereocenters. The summed E-state index contributed by atoms with van der Waals surface area (Å²) in [6, 6.07) is 0. The Bertz CT molecular complexity index is 192. The van der Waals surface area contributed by atoms with Crippen LogP contribution >= 0.6 is 15.9 Å². The fourth-order valence-electron chi connectivity index (χ4n) is 0.601. The normalized spacial score (nSPS) is 9.77. The molecule has 0 aromatic rings. The molecule has 1 nitrogen and oxygen atoms in total. The van der Waals surface area contributed by atoms with Crippen LogP contribution in [-0.2, 0) is 0 Å². The van der Waals surface area contributed by atoms with Crippen molar-refractivity contribution in [2.24, 2.45) is 0 Å². The Morgan fingerprint density at radius 2 is 1.85 bits per heavy atom. The summed E-state index contributed by atoms with van der Waals surface area (Å²) >= 11 is 3.38. The van der Waals surface area contributed by atoms with Crippen molar-refractivity contribution < 1.29 is 0 Å². The minimum atomic E-state index is 0.887. The van der Waals surface area contributed by atoms with Crippen LogP contribution in [0, 0.1) is 0 Å². The molecule has 0 unspecified atom stereocenters. The molecule has 0 bridgehead atoms. The SMILES string of the molecule is C=C(C)/C=C(/Br)C(=C)NCC.CC. The zero-order valence-corrected chi connectivity index (χ0v) is 10.7. The minimum Gasteiger partial charge on any atom is -0.385 e. The molecule has 0 fully saturated rings. The number of rotatable bonds is 4. The van der Waals surface area contributed by atoms with Gasteiger partial charge in [0.15, 0.2) is 0 Å². The van der Waals surface area contributed by atoms with Crippen molar-refractivity contribution >= 4 is 15.9 Å². The highest BCUT2D eigenvalue weighted by atomic mass is 79.9. The van der Waals surface area contributed by atoms with Gasteiger partial charge < -0.3 is 5.32 Å². The second-order valence-corrected chi connectivity index (χ2v) is 3.20. The molecule has 0 aliphatic carbocycles. The maximum atomic E-state index is 3.83. The number of hydrogen-bond acceptors (Lipinski definition) is 1. The summed E-state index contributed by atoms with van der Waals surface area (Å²) in [5, 5.41) is 3.10. The van der Waals surface area contributed by atoms with Gasteiger partial charge in [-0.15, -0.1) is 0 Å². The summed E-state index contributed by atoms with van der Waals surface area (Å²) in [5.41, 5.74) is 1.91. The van der Waals surface area contributed by atoms with Gasteiger partial charge in [0, 0.05) is 16.7 Å². The van der Waals surface area contributed by atoms with Gasteiger partial charge >= 0.3 is 0 Å². The molecule has 76 valence electrons. The Labute approximate surface area is 90.7 Å². The standard InChI is InChI=1S/C9H14BrN.C2H6/c1-5-11-8(4)9(10)6-7(2)3;1-2/h6,11H,2,4-5H2,1,3H3;1-2H3/b9-6+;. The highest BCUT2D eigenvalue weighted by molar-refractivity contribution is 9.12. The van der Waals surface area contributed by atoms with E-state index < -0.39 is 0 Å². The van der Waals surface area contributed by atoms with Crippen LogP contribution in [0.15, 0.2) is 35.0 Å². The zero-order valence-electron chi connectivity index (χ0n) is 9.08. The molecule has 13 heavy (non-hydrogen) atoms. The molecule has 0 aromatic heterocycles. The number of likely N-dealkylation sites (N-methyl/N-ethyl adjacent to an activating group) is 1. The lowest BCUT2D eigenvalue weighted by molar-refractivity contribution is 0.880. The Morgan fingerprint density at radius 3 is 2.15 bits per heavy atom. The summed E-state index contributed by atoms with van der Waals surface area (Å²) < 4.78 is 0.965. The van der Waals surface area contributed by atoms with Crippen LogP contribution in [-0.4, -0.2) is 6.54 Å². The Balaban J connectivity index is 0. The summed E-state index contributed by atoms with van der Waals surface area (Å²) in [4.78, 5) is 0. The molecular formula is C11H20BrN.